The zero-order valence-corrected chi connectivity index (χ0v) is 13.4. The van der Waals surface area contributed by atoms with Gasteiger partial charge in [0.05, 0.1) is 0 Å². The van der Waals surface area contributed by atoms with E-state index in [-0.39, 0.29) is 17.4 Å². The standard InChI is InChI=1S/C16H21N5O/c1-11(19-12(2)22)9-16(3,4)14-7-5-13(6-8-14)15-20-17-10-18-21-15/h5-8,10-11H,9H2,1-4H3,(H,19,22). The van der Waals surface area contributed by atoms with Gasteiger partial charge in [0.1, 0.15) is 0 Å². The third kappa shape index (κ3) is 4.07. The number of nitrogens with one attached hydrogen (secondary N) is 1. The number of amides is 1. The van der Waals surface area contributed by atoms with E-state index in [1.165, 1.54) is 11.9 Å². The van der Waals surface area contributed by atoms with Crippen LogP contribution in [-0.4, -0.2) is 32.3 Å². The van der Waals surface area contributed by atoms with Gasteiger partial charge >= 0.3 is 0 Å². The molecule has 2 aromatic rings. The van der Waals surface area contributed by atoms with Gasteiger partial charge in [-0.05, 0) is 24.3 Å². The Balaban J connectivity index is 2.13. The molecule has 1 amide bonds. The van der Waals surface area contributed by atoms with Crippen LogP contribution in [0.3, 0.4) is 0 Å². The Morgan fingerprint density at radius 2 is 1.77 bits per heavy atom. The molecule has 1 heterocycles. The lowest BCUT2D eigenvalue weighted by Crippen LogP contribution is -2.35. The highest BCUT2D eigenvalue weighted by Gasteiger charge is 2.23. The van der Waals surface area contributed by atoms with Gasteiger partial charge in [-0.1, -0.05) is 38.1 Å². The van der Waals surface area contributed by atoms with E-state index in [2.05, 4.69) is 51.7 Å². The molecule has 0 aliphatic heterocycles. The van der Waals surface area contributed by atoms with Crippen LogP contribution in [0.2, 0.25) is 0 Å². The van der Waals surface area contributed by atoms with Crippen LogP contribution in [0.4, 0.5) is 0 Å². The van der Waals surface area contributed by atoms with Gasteiger partial charge in [-0.3, -0.25) is 4.79 Å². The zero-order chi connectivity index (χ0) is 16.2. The third-order valence-electron chi connectivity index (χ3n) is 3.60. The van der Waals surface area contributed by atoms with Gasteiger partial charge in [-0.2, -0.15) is 0 Å². The fourth-order valence-corrected chi connectivity index (χ4v) is 2.67. The Morgan fingerprint density at radius 1 is 1.18 bits per heavy atom. The third-order valence-corrected chi connectivity index (χ3v) is 3.60. The molecule has 2 rings (SSSR count). The molecule has 1 unspecified atom stereocenters. The molecule has 0 bridgehead atoms. The summed E-state index contributed by atoms with van der Waals surface area (Å²) < 4.78 is 0. The van der Waals surface area contributed by atoms with Crippen molar-refractivity contribution in [1.29, 1.82) is 0 Å². The molecule has 0 saturated heterocycles. The zero-order valence-electron chi connectivity index (χ0n) is 13.4. The summed E-state index contributed by atoms with van der Waals surface area (Å²) in [5.74, 6) is 0.512. The van der Waals surface area contributed by atoms with Crippen LogP contribution in [0.5, 0.6) is 0 Å². The summed E-state index contributed by atoms with van der Waals surface area (Å²) in [4.78, 5) is 11.1. The summed E-state index contributed by atoms with van der Waals surface area (Å²) in [5, 5.41) is 18.3. The van der Waals surface area contributed by atoms with E-state index < -0.39 is 0 Å². The van der Waals surface area contributed by atoms with Crippen LogP contribution in [0.1, 0.15) is 39.7 Å². The van der Waals surface area contributed by atoms with Crippen molar-refractivity contribution < 1.29 is 4.79 Å². The number of hydrogen-bond acceptors (Lipinski definition) is 5. The van der Waals surface area contributed by atoms with Gasteiger partial charge in [-0.15, -0.1) is 20.4 Å². The number of hydrogen-bond donors (Lipinski definition) is 1. The normalized spacial score (nSPS) is 12.7. The Labute approximate surface area is 130 Å². The maximum Gasteiger partial charge on any atom is 0.217 e. The number of aromatic nitrogens is 4. The van der Waals surface area contributed by atoms with Gasteiger partial charge in [0.25, 0.3) is 0 Å². The van der Waals surface area contributed by atoms with Gasteiger partial charge in [0.2, 0.25) is 11.7 Å². The Bertz CT molecular complexity index is 625. The highest BCUT2D eigenvalue weighted by molar-refractivity contribution is 5.73. The molecule has 6 heteroatoms. The van der Waals surface area contributed by atoms with Crippen molar-refractivity contribution in [2.75, 3.05) is 0 Å². The summed E-state index contributed by atoms with van der Waals surface area (Å²) in [6, 6.07) is 8.19. The van der Waals surface area contributed by atoms with Crippen molar-refractivity contribution in [3.05, 3.63) is 36.2 Å². The van der Waals surface area contributed by atoms with Crippen molar-refractivity contribution in [2.45, 2.75) is 45.6 Å². The van der Waals surface area contributed by atoms with Crippen LogP contribution in [0.15, 0.2) is 30.6 Å². The van der Waals surface area contributed by atoms with Crippen molar-refractivity contribution in [2.24, 2.45) is 0 Å². The van der Waals surface area contributed by atoms with E-state index in [0.717, 1.165) is 12.0 Å². The SMILES string of the molecule is CC(=O)NC(C)CC(C)(C)c1ccc(-c2nncnn2)cc1. The number of nitrogens with zero attached hydrogens (tertiary/aromatic N) is 4. The molecule has 1 N–H and O–H groups in total. The van der Waals surface area contributed by atoms with Gasteiger partial charge in [0, 0.05) is 18.5 Å². The van der Waals surface area contributed by atoms with Crippen LogP contribution < -0.4 is 5.32 Å². The van der Waals surface area contributed by atoms with Gasteiger partial charge < -0.3 is 5.32 Å². The molecule has 1 atom stereocenters. The van der Waals surface area contributed by atoms with E-state index in [9.17, 15) is 4.79 Å². The Morgan fingerprint density at radius 3 is 2.32 bits per heavy atom. The lowest BCUT2D eigenvalue weighted by atomic mass is 9.79. The molecule has 0 fully saturated rings. The van der Waals surface area contributed by atoms with Crippen molar-refractivity contribution in [3.8, 4) is 11.4 Å². The highest BCUT2D eigenvalue weighted by atomic mass is 16.1. The molecule has 22 heavy (non-hydrogen) atoms. The fourth-order valence-electron chi connectivity index (χ4n) is 2.67. The van der Waals surface area contributed by atoms with Crippen molar-refractivity contribution in [1.82, 2.24) is 25.7 Å². The van der Waals surface area contributed by atoms with Crippen LogP contribution in [-0.2, 0) is 10.2 Å². The maximum absolute atomic E-state index is 11.1. The summed E-state index contributed by atoms with van der Waals surface area (Å²) >= 11 is 0. The average molecular weight is 299 g/mol. The van der Waals surface area contributed by atoms with E-state index in [0.29, 0.717) is 5.82 Å². The molecule has 0 aliphatic rings. The molecule has 6 nitrogen and oxygen atoms in total. The summed E-state index contributed by atoms with van der Waals surface area (Å²) in [5.41, 5.74) is 2.04. The minimum atomic E-state index is -0.0472. The molecule has 0 aliphatic carbocycles. The maximum atomic E-state index is 11.1. The summed E-state index contributed by atoms with van der Waals surface area (Å²) in [6.07, 6.45) is 2.17. The Kier molecular flexibility index (Phi) is 4.80. The first kappa shape index (κ1) is 16.0. The van der Waals surface area contributed by atoms with E-state index in [1.54, 1.807) is 6.92 Å². The van der Waals surface area contributed by atoms with Gasteiger partial charge in [0.15, 0.2) is 6.33 Å². The molecule has 116 valence electrons. The topological polar surface area (TPSA) is 80.7 Å². The predicted molar refractivity (Wildman–Crippen MR) is 84.0 cm³/mol. The Hall–Kier alpha value is -2.37. The molecule has 0 radical (unpaired) electrons. The molecule has 1 aromatic carbocycles. The molecule has 0 saturated carbocycles. The monoisotopic (exact) mass is 299 g/mol. The second kappa shape index (κ2) is 6.60. The minimum Gasteiger partial charge on any atom is -0.354 e. The van der Waals surface area contributed by atoms with Crippen LogP contribution in [0, 0.1) is 0 Å². The van der Waals surface area contributed by atoms with Crippen LogP contribution in [0.25, 0.3) is 11.4 Å². The second-order valence-electron chi connectivity index (χ2n) is 6.14. The van der Waals surface area contributed by atoms with E-state index >= 15 is 0 Å². The first-order chi connectivity index (χ1) is 10.4. The van der Waals surface area contributed by atoms with E-state index in [1.807, 2.05) is 19.1 Å². The van der Waals surface area contributed by atoms with E-state index in [4.69, 9.17) is 0 Å². The number of carbonyl (C=O) groups is 1. The quantitative estimate of drug-likeness (QED) is 0.914. The number of benzene rings is 1. The second-order valence-corrected chi connectivity index (χ2v) is 6.14. The van der Waals surface area contributed by atoms with Gasteiger partial charge in [-0.25, -0.2) is 0 Å². The smallest absolute Gasteiger partial charge is 0.217 e. The molecular formula is C16H21N5O. The van der Waals surface area contributed by atoms with Crippen LogP contribution >= 0.6 is 0 Å². The molecule has 1 aromatic heterocycles. The largest absolute Gasteiger partial charge is 0.354 e. The van der Waals surface area contributed by atoms with Crippen molar-refractivity contribution >= 4 is 5.91 Å². The predicted octanol–water partition coefficient (Wildman–Crippen LogP) is 2.13. The lowest BCUT2D eigenvalue weighted by molar-refractivity contribution is -0.119. The highest BCUT2D eigenvalue weighted by Crippen LogP contribution is 2.29. The number of carbonyl (C=O) groups excluding carboxylic acids is 1. The first-order valence-corrected chi connectivity index (χ1v) is 7.27. The number of rotatable bonds is 5. The minimum absolute atomic E-state index is 0.000116. The summed E-state index contributed by atoms with van der Waals surface area (Å²) in [6.45, 7) is 7.90. The average Bonchev–Trinajstić information content (AvgIpc) is 2.47. The molecule has 0 spiro atoms. The van der Waals surface area contributed by atoms with Crippen molar-refractivity contribution in [3.63, 3.8) is 0 Å². The summed E-state index contributed by atoms with van der Waals surface area (Å²) in [7, 11) is 0. The lowest BCUT2D eigenvalue weighted by Gasteiger charge is -2.29. The molecular weight excluding hydrogens is 278 g/mol. The first-order valence-electron chi connectivity index (χ1n) is 7.27. The fraction of sp³-hybridized carbons (Fsp3) is 0.438.